The van der Waals surface area contributed by atoms with Crippen LogP contribution in [0.4, 0.5) is 0 Å². The Kier molecular flexibility index (Phi) is 1.53. The highest BCUT2D eigenvalue weighted by Gasteiger charge is 2.44. The molecule has 2 saturated heterocycles. The molecule has 0 spiro atoms. The van der Waals surface area contributed by atoms with Gasteiger partial charge < -0.3 is 5.11 Å². The normalized spacial score (nSPS) is 41.4. The van der Waals surface area contributed by atoms with Crippen LogP contribution in [0.15, 0.2) is 0 Å². The Morgan fingerprint density at radius 3 is 2.75 bits per heavy atom. The lowest BCUT2D eigenvalue weighted by molar-refractivity contribution is 0.0725. The fraction of sp³-hybridized carbons (Fsp3) is 0.875. The largest absolute Gasteiger partial charge is 0.388 e. The van der Waals surface area contributed by atoms with Crippen LogP contribution in [0.2, 0.25) is 0 Å². The topological polar surface area (TPSA) is 50.3 Å². The Bertz CT molecular complexity index is 229. The van der Waals surface area contributed by atoms with E-state index in [0.29, 0.717) is 13.0 Å². The van der Waals surface area contributed by atoms with Gasteiger partial charge in [-0.2, -0.15) is 5.26 Å². The Morgan fingerprint density at radius 1 is 1.58 bits per heavy atom. The van der Waals surface area contributed by atoms with Crippen molar-refractivity contribution in [3.8, 4) is 6.19 Å². The van der Waals surface area contributed by atoms with Crippen LogP contribution in [-0.4, -0.2) is 46.3 Å². The minimum absolute atomic E-state index is 0.157. The van der Waals surface area contributed by atoms with Crippen molar-refractivity contribution in [3.05, 3.63) is 0 Å². The molecule has 2 rings (SSSR count). The molecule has 2 atom stereocenters. The first-order valence-electron chi connectivity index (χ1n) is 4.25. The maximum atomic E-state index is 9.72. The maximum absolute atomic E-state index is 9.72. The van der Waals surface area contributed by atoms with Gasteiger partial charge in [0.1, 0.15) is 0 Å². The molecule has 0 aliphatic carbocycles. The lowest BCUT2D eigenvalue weighted by Crippen LogP contribution is -2.31. The number of β-amino-alcohol motifs (C(OH)–C–C–N with tert-alkyl or cyclic N) is 1. The second kappa shape index (κ2) is 2.35. The first-order chi connectivity index (χ1) is 5.62. The van der Waals surface area contributed by atoms with Crippen molar-refractivity contribution >= 4 is 0 Å². The molecule has 4 nitrogen and oxygen atoms in total. The molecule has 1 N–H and O–H groups in total. The Morgan fingerprint density at radius 2 is 2.25 bits per heavy atom. The molecule has 2 heterocycles. The van der Waals surface area contributed by atoms with E-state index >= 15 is 0 Å². The number of aliphatic hydroxyl groups is 1. The van der Waals surface area contributed by atoms with Crippen molar-refractivity contribution in [2.45, 2.75) is 25.1 Å². The Balaban J connectivity index is 2.08. The summed E-state index contributed by atoms with van der Waals surface area (Å²) in [4.78, 5) is 3.87. The zero-order valence-electron chi connectivity index (χ0n) is 7.19. The summed E-state index contributed by atoms with van der Waals surface area (Å²) >= 11 is 0. The van der Waals surface area contributed by atoms with Crippen molar-refractivity contribution in [2.75, 3.05) is 19.6 Å². The van der Waals surface area contributed by atoms with Gasteiger partial charge in [0, 0.05) is 19.5 Å². The molecule has 0 saturated carbocycles. The van der Waals surface area contributed by atoms with Crippen LogP contribution in [0.3, 0.4) is 0 Å². The van der Waals surface area contributed by atoms with Gasteiger partial charge in [0.2, 0.25) is 0 Å². The summed E-state index contributed by atoms with van der Waals surface area (Å²) < 4.78 is 0. The molecular formula is C8H13N3O. The minimum atomic E-state index is -0.678. The third-order valence-electron chi connectivity index (χ3n) is 2.52. The number of nitriles is 1. The van der Waals surface area contributed by atoms with Crippen molar-refractivity contribution in [2.24, 2.45) is 0 Å². The third kappa shape index (κ3) is 1.26. The molecule has 0 radical (unpaired) electrons. The molecular weight excluding hydrogens is 154 g/mol. The Labute approximate surface area is 72.0 Å². The molecule has 2 aliphatic heterocycles. The number of hydrogen-bond acceptors (Lipinski definition) is 4. The monoisotopic (exact) mass is 167 g/mol. The predicted molar refractivity (Wildman–Crippen MR) is 42.9 cm³/mol. The van der Waals surface area contributed by atoms with Gasteiger partial charge in [-0.15, -0.1) is 0 Å². The van der Waals surface area contributed by atoms with Gasteiger partial charge in [-0.05, 0) is 6.92 Å². The number of hydrogen-bond donors (Lipinski definition) is 1. The molecule has 0 amide bonds. The van der Waals surface area contributed by atoms with E-state index in [1.165, 1.54) is 0 Å². The molecule has 2 aliphatic rings. The fourth-order valence-electron chi connectivity index (χ4n) is 1.82. The van der Waals surface area contributed by atoms with Gasteiger partial charge in [-0.1, -0.05) is 0 Å². The highest BCUT2D eigenvalue weighted by molar-refractivity contribution is 5.01. The molecule has 2 fully saturated rings. The molecule has 12 heavy (non-hydrogen) atoms. The summed E-state index contributed by atoms with van der Waals surface area (Å²) in [5, 5.41) is 18.5. The second-order valence-corrected chi connectivity index (χ2v) is 3.95. The highest BCUT2D eigenvalue weighted by Crippen LogP contribution is 2.30. The summed E-state index contributed by atoms with van der Waals surface area (Å²) in [5.74, 6) is 0. The quantitative estimate of drug-likeness (QED) is 0.425. The summed E-state index contributed by atoms with van der Waals surface area (Å²) in [7, 11) is 0. The molecule has 0 aromatic heterocycles. The van der Waals surface area contributed by atoms with Gasteiger partial charge in [0.05, 0.1) is 18.3 Å². The van der Waals surface area contributed by atoms with Crippen molar-refractivity contribution in [1.29, 1.82) is 5.26 Å². The Hall–Kier alpha value is -0.790. The van der Waals surface area contributed by atoms with Gasteiger partial charge >= 0.3 is 0 Å². The van der Waals surface area contributed by atoms with Gasteiger partial charge in [0.25, 0.3) is 0 Å². The van der Waals surface area contributed by atoms with E-state index in [1.807, 2.05) is 0 Å². The van der Waals surface area contributed by atoms with Crippen molar-refractivity contribution < 1.29 is 5.11 Å². The van der Waals surface area contributed by atoms with Gasteiger partial charge in [-0.25, -0.2) is 0 Å². The fourth-order valence-corrected chi connectivity index (χ4v) is 1.82. The standard InChI is InChI=1S/C8H13N3O/c1-8(12)4-7(10-2-3-10)11(5-8)6-9/h7,12H,2-5H2,1H3/t7?,8-/m1/s1. The molecule has 66 valence electrons. The van der Waals surface area contributed by atoms with Crippen LogP contribution in [0.5, 0.6) is 0 Å². The molecule has 1 unspecified atom stereocenters. The lowest BCUT2D eigenvalue weighted by atomic mass is 10.1. The summed E-state index contributed by atoms with van der Waals surface area (Å²) in [6.45, 7) is 4.41. The van der Waals surface area contributed by atoms with Crippen molar-refractivity contribution in [1.82, 2.24) is 9.80 Å². The van der Waals surface area contributed by atoms with Crippen LogP contribution in [-0.2, 0) is 0 Å². The highest BCUT2D eigenvalue weighted by atomic mass is 16.3. The molecule has 0 aromatic rings. The van der Waals surface area contributed by atoms with Gasteiger partial charge in [0.15, 0.2) is 6.19 Å². The average Bonchev–Trinajstić information content (AvgIpc) is 2.76. The molecule has 0 aromatic carbocycles. The maximum Gasteiger partial charge on any atom is 0.180 e. The number of rotatable bonds is 1. The lowest BCUT2D eigenvalue weighted by Gasteiger charge is -2.17. The van der Waals surface area contributed by atoms with E-state index in [4.69, 9.17) is 5.26 Å². The van der Waals surface area contributed by atoms with Crippen LogP contribution in [0.25, 0.3) is 0 Å². The zero-order chi connectivity index (χ0) is 8.77. The van der Waals surface area contributed by atoms with Crippen LogP contribution < -0.4 is 0 Å². The van der Waals surface area contributed by atoms with E-state index in [0.717, 1.165) is 13.1 Å². The summed E-state index contributed by atoms with van der Waals surface area (Å²) in [5.41, 5.74) is -0.678. The summed E-state index contributed by atoms with van der Waals surface area (Å²) in [6.07, 6.45) is 2.98. The van der Waals surface area contributed by atoms with E-state index in [9.17, 15) is 5.11 Å². The van der Waals surface area contributed by atoms with Crippen LogP contribution in [0, 0.1) is 11.5 Å². The average molecular weight is 167 g/mol. The molecule has 4 heteroatoms. The number of likely N-dealkylation sites (tertiary alicyclic amines) is 1. The van der Waals surface area contributed by atoms with Crippen molar-refractivity contribution in [3.63, 3.8) is 0 Å². The molecule has 0 bridgehead atoms. The van der Waals surface area contributed by atoms with E-state index < -0.39 is 5.60 Å². The summed E-state index contributed by atoms with van der Waals surface area (Å²) in [6, 6.07) is 0. The SMILES string of the molecule is C[C@@]1(O)CC(N2CC2)N(C#N)C1. The smallest absolute Gasteiger partial charge is 0.180 e. The van der Waals surface area contributed by atoms with E-state index in [-0.39, 0.29) is 6.17 Å². The predicted octanol–water partition coefficient (Wildman–Crippen LogP) is -0.434. The third-order valence-corrected chi connectivity index (χ3v) is 2.52. The first kappa shape index (κ1) is 7.84. The van der Waals surface area contributed by atoms with Crippen LogP contribution >= 0.6 is 0 Å². The van der Waals surface area contributed by atoms with Crippen LogP contribution in [0.1, 0.15) is 13.3 Å². The minimum Gasteiger partial charge on any atom is -0.388 e. The van der Waals surface area contributed by atoms with E-state index in [2.05, 4.69) is 11.1 Å². The van der Waals surface area contributed by atoms with Gasteiger partial charge in [-0.3, -0.25) is 9.80 Å². The zero-order valence-corrected chi connectivity index (χ0v) is 7.19. The van der Waals surface area contributed by atoms with E-state index in [1.54, 1.807) is 11.8 Å². The first-order valence-corrected chi connectivity index (χ1v) is 4.25. The second-order valence-electron chi connectivity index (χ2n) is 3.95. The number of nitrogens with zero attached hydrogens (tertiary/aromatic N) is 3.